The second kappa shape index (κ2) is 7.09. The van der Waals surface area contributed by atoms with E-state index in [4.69, 9.17) is 4.74 Å². The Morgan fingerprint density at radius 1 is 1.08 bits per heavy atom. The summed E-state index contributed by atoms with van der Waals surface area (Å²) < 4.78 is 7.94. The predicted octanol–water partition coefficient (Wildman–Crippen LogP) is 4.04. The molecule has 26 heavy (non-hydrogen) atoms. The zero-order chi connectivity index (χ0) is 17.9. The highest BCUT2D eigenvalue weighted by atomic mass is 79.9. The number of carbonyl (C=O) groups excluding carboxylic acids is 1. The van der Waals surface area contributed by atoms with Crippen molar-refractivity contribution in [1.82, 2.24) is 9.78 Å². The predicted molar refractivity (Wildman–Crippen MR) is 103 cm³/mol. The van der Waals surface area contributed by atoms with Gasteiger partial charge in [-0.3, -0.25) is 4.68 Å². The molecule has 4 rings (SSSR count). The van der Waals surface area contributed by atoms with Crippen molar-refractivity contribution < 1.29 is 9.53 Å². The fourth-order valence-electron chi connectivity index (χ4n) is 2.63. The molecule has 0 amide bonds. The van der Waals surface area contributed by atoms with E-state index in [1.165, 1.54) is 0 Å². The minimum atomic E-state index is -0.466. The first kappa shape index (κ1) is 16.5. The van der Waals surface area contributed by atoms with Crippen molar-refractivity contribution in [2.24, 2.45) is 4.99 Å². The summed E-state index contributed by atoms with van der Waals surface area (Å²) in [6.07, 6.45) is 5.26. The van der Waals surface area contributed by atoms with Crippen LogP contribution in [0.2, 0.25) is 0 Å². The molecule has 0 N–H and O–H groups in total. The Labute approximate surface area is 158 Å². The molecule has 2 heterocycles. The maximum atomic E-state index is 12.1. The number of halogens is 1. The average Bonchev–Trinajstić information content (AvgIpc) is 3.23. The molecule has 3 aromatic rings. The number of benzene rings is 2. The van der Waals surface area contributed by atoms with Gasteiger partial charge in [-0.05, 0) is 39.7 Å². The van der Waals surface area contributed by atoms with Gasteiger partial charge in [-0.25, -0.2) is 9.79 Å². The van der Waals surface area contributed by atoms with Crippen molar-refractivity contribution in [3.8, 4) is 0 Å². The molecule has 0 radical (unpaired) electrons. The number of rotatable bonds is 4. The summed E-state index contributed by atoms with van der Waals surface area (Å²) in [4.78, 5) is 16.5. The van der Waals surface area contributed by atoms with E-state index in [2.05, 4.69) is 26.0 Å². The summed E-state index contributed by atoms with van der Waals surface area (Å²) >= 11 is 3.44. The maximum Gasteiger partial charge on any atom is 0.363 e. The zero-order valence-electron chi connectivity index (χ0n) is 13.7. The number of hydrogen-bond acceptors (Lipinski definition) is 4. The molecule has 6 heteroatoms. The third-order valence-corrected chi connectivity index (χ3v) is 4.56. The summed E-state index contributed by atoms with van der Waals surface area (Å²) in [5, 5.41) is 4.33. The lowest BCUT2D eigenvalue weighted by atomic mass is 10.2. The first-order valence-corrected chi connectivity index (χ1v) is 8.82. The smallest absolute Gasteiger partial charge is 0.363 e. The number of nitrogens with zero attached hydrogens (tertiary/aromatic N) is 3. The van der Waals surface area contributed by atoms with Crippen molar-refractivity contribution in [2.75, 3.05) is 0 Å². The lowest BCUT2D eigenvalue weighted by molar-refractivity contribution is -0.129. The summed E-state index contributed by atoms with van der Waals surface area (Å²) in [6, 6.07) is 17.5. The molecule has 0 aliphatic carbocycles. The second-order valence-corrected chi connectivity index (χ2v) is 6.63. The van der Waals surface area contributed by atoms with Gasteiger partial charge in [-0.15, -0.1) is 0 Å². The minimum absolute atomic E-state index is 0.259. The first-order chi connectivity index (χ1) is 12.7. The van der Waals surface area contributed by atoms with Crippen LogP contribution in [0, 0.1) is 0 Å². The Morgan fingerprint density at radius 2 is 1.85 bits per heavy atom. The van der Waals surface area contributed by atoms with Crippen LogP contribution in [-0.4, -0.2) is 21.6 Å². The van der Waals surface area contributed by atoms with Gasteiger partial charge in [0.1, 0.15) is 0 Å². The molecule has 0 fully saturated rings. The third kappa shape index (κ3) is 3.50. The van der Waals surface area contributed by atoms with E-state index in [0.717, 1.165) is 21.2 Å². The number of carbonyl (C=O) groups is 1. The summed E-state index contributed by atoms with van der Waals surface area (Å²) in [5.74, 6) is -0.169. The van der Waals surface area contributed by atoms with Crippen LogP contribution < -0.4 is 0 Å². The molecule has 128 valence electrons. The van der Waals surface area contributed by atoms with E-state index >= 15 is 0 Å². The van der Waals surface area contributed by atoms with Crippen LogP contribution in [0.3, 0.4) is 0 Å². The highest BCUT2D eigenvalue weighted by Crippen LogP contribution is 2.23. The second-order valence-electron chi connectivity index (χ2n) is 5.77. The van der Waals surface area contributed by atoms with Gasteiger partial charge in [-0.2, -0.15) is 5.10 Å². The van der Waals surface area contributed by atoms with Gasteiger partial charge in [-0.1, -0.05) is 42.5 Å². The summed E-state index contributed by atoms with van der Waals surface area (Å²) in [7, 11) is 0. The van der Waals surface area contributed by atoms with Crippen LogP contribution in [0.15, 0.2) is 82.2 Å². The highest BCUT2D eigenvalue weighted by molar-refractivity contribution is 9.10. The van der Waals surface area contributed by atoms with Gasteiger partial charge in [0.25, 0.3) is 0 Å². The molecule has 0 spiro atoms. The van der Waals surface area contributed by atoms with Crippen LogP contribution in [0.4, 0.5) is 0 Å². The maximum absolute atomic E-state index is 12.1. The number of aromatic nitrogens is 2. The lowest BCUT2D eigenvalue weighted by Crippen LogP contribution is -2.05. The molecule has 5 nitrogen and oxygen atoms in total. The number of esters is 1. The van der Waals surface area contributed by atoms with Crippen LogP contribution in [-0.2, 0) is 16.1 Å². The fraction of sp³-hybridized carbons (Fsp3) is 0.0500. The van der Waals surface area contributed by atoms with Gasteiger partial charge >= 0.3 is 5.97 Å². The Morgan fingerprint density at radius 3 is 2.65 bits per heavy atom. The molecule has 0 unspecified atom stereocenters. The molecule has 1 aliphatic heterocycles. The largest absolute Gasteiger partial charge is 0.402 e. The zero-order valence-corrected chi connectivity index (χ0v) is 15.3. The standard InChI is InChI=1S/C20H14BrN3O2/c21-17-9-5-4-8-16(17)19-23-18(20(25)26-19)10-15-11-22-24(13-15)12-14-6-2-1-3-7-14/h1-11,13H,12H2. The molecule has 0 atom stereocenters. The number of aliphatic imine (C=N–C) groups is 1. The lowest BCUT2D eigenvalue weighted by Gasteiger charge is -2.01. The van der Waals surface area contributed by atoms with Crippen LogP contribution in [0.25, 0.3) is 6.08 Å². The van der Waals surface area contributed by atoms with E-state index in [0.29, 0.717) is 12.4 Å². The van der Waals surface area contributed by atoms with E-state index in [-0.39, 0.29) is 5.70 Å². The summed E-state index contributed by atoms with van der Waals surface area (Å²) in [6.45, 7) is 0.667. The Balaban J connectivity index is 1.57. The average molecular weight is 408 g/mol. The topological polar surface area (TPSA) is 56.5 Å². The normalized spacial score (nSPS) is 15.2. The van der Waals surface area contributed by atoms with Gasteiger partial charge in [0, 0.05) is 16.2 Å². The van der Waals surface area contributed by atoms with Crippen molar-refractivity contribution in [1.29, 1.82) is 0 Å². The molecular formula is C20H14BrN3O2. The van der Waals surface area contributed by atoms with E-state index in [9.17, 15) is 4.79 Å². The molecular weight excluding hydrogens is 394 g/mol. The molecule has 1 aliphatic rings. The Hall–Kier alpha value is -2.99. The number of cyclic esters (lactones) is 1. The molecule has 1 aromatic heterocycles. The first-order valence-electron chi connectivity index (χ1n) is 8.03. The number of ether oxygens (including phenoxy) is 1. The SMILES string of the molecule is O=C1OC(c2ccccc2Br)=NC1=Cc1cnn(Cc2ccccc2)c1. The van der Waals surface area contributed by atoms with E-state index in [1.807, 2.05) is 65.5 Å². The van der Waals surface area contributed by atoms with Gasteiger partial charge in [0.15, 0.2) is 5.70 Å². The van der Waals surface area contributed by atoms with E-state index in [1.54, 1.807) is 12.3 Å². The molecule has 2 aromatic carbocycles. The van der Waals surface area contributed by atoms with Gasteiger partial charge in [0.05, 0.1) is 18.3 Å². The third-order valence-electron chi connectivity index (χ3n) is 3.87. The molecule has 0 bridgehead atoms. The van der Waals surface area contributed by atoms with Crippen LogP contribution >= 0.6 is 15.9 Å². The highest BCUT2D eigenvalue weighted by Gasteiger charge is 2.25. The molecule has 0 saturated carbocycles. The van der Waals surface area contributed by atoms with Crippen LogP contribution in [0.5, 0.6) is 0 Å². The minimum Gasteiger partial charge on any atom is -0.402 e. The van der Waals surface area contributed by atoms with Gasteiger partial charge in [0.2, 0.25) is 5.90 Å². The monoisotopic (exact) mass is 407 g/mol. The van der Waals surface area contributed by atoms with Crippen molar-refractivity contribution in [2.45, 2.75) is 6.54 Å². The summed E-state index contributed by atoms with van der Waals surface area (Å²) in [5.41, 5.74) is 2.95. The van der Waals surface area contributed by atoms with Crippen molar-refractivity contribution in [3.63, 3.8) is 0 Å². The van der Waals surface area contributed by atoms with Crippen LogP contribution in [0.1, 0.15) is 16.7 Å². The van der Waals surface area contributed by atoms with Crippen molar-refractivity contribution >= 4 is 33.9 Å². The number of hydrogen-bond donors (Lipinski definition) is 0. The van der Waals surface area contributed by atoms with Gasteiger partial charge < -0.3 is 4.74 Å². The molecule has 0 saturated heterocycles. The van der Waals surface area contributed by atoms with E-state index < -0.39 is 5.97 Å². The fourth-order valence-corrected chi connectivity index (χ4v) is 3.08. The Bertz CT molecular complexity index is 1020. The quantitative estimate of drug-likeness (QED) is 0.484. The Kier molecular flexibility index (Phi) is 4.50. The van der Waals surface area contributed by atoms with Crippen molar-refractivity contribution in [3.05, 3.63) is 93.9 Å².